The highest BCUT2D eigenvalue weighted by Crippen LogP contribution is 2.28. The highest BCUT2D eigenvalue weighted by Gasteiger charge is 2.15. The lowest BCUT2D eigenvalue weighted by atomic mass is 10.0. The summed E-state index contributed by atoms with van der Waals surface area (Å²) in [6.45, 7) is 0. The van der Waals surface area contributed by atoms with Crippen LogP contribution in [-0.2, 0) is 24.1 Å². The predicted octanol–water partition coefficient (Wildman–Crippen LogP) is 2.19. The van der Waals surface area contributed by atoms with Crippen molar-refractivity contribution in [2.45, 2.75) is 25.7 Å². The second-order valence-corrected chi connectivity index (χ2v) is 4.64. The lowest BCUT2D eigenvalue weighted by Gasteiger charge is -2.04. The predicted molar refractivity (Wildman–Crippen MR) is 67.4 cm³/mol. The van der Waals surface area contributed by atoms with Crippen molar-refractivity contribution in [2.24, 2.45) is 0 Å². The molecule has 0 amide bonds. The van der Waals surface area contributed by atoms with Crippen LogP contribution in [0.4, 0.5) is 0 Å². The number of carboxylic acids is 1. The number of aryl methyl sites for hydroxylation is 2. The number of H-pyrrole nitrogens is 1. The number of carbonyl (C=O) groups is 1. The molecule has 1 aromatic carbocycles. The van der Waals surface area contributed by atoms with Gasteiger partial charge in [0, 0.05) is 5.56 Å². The van der Waals surface area contributed by atoms with Crippen LogP contribution in [0.2, 0.25) is 0 Å². The number of rotatable bonds is 3. The average Bonchev–Trinajstić information content (AvgIpc) is 2.95. The minimum atomic E-state index is -0.846. The number of imidazole rings is 1. The largest absolute Gasteiger partial charge is 0.481 e. The Kier molecular flexibility index (Phi) is 2.63. The molecule has 1 heterocycles. The van der Waals surface area contributed by atoms with Gasteiger partial charge in [0.15, 0.2) is 0 Å². The van der Waals surface area contributed by atoms with Gasteiger partial charge >= 0.3 is 5.97 Å². The number of hydrogen-bond acceptors (Lipinski definition) is 2. The average molecular weight is 242 g/mol. The van der Waals surface area contributed by atoms with Crippen molar-refractivity contribution >= 4 is 5.97 Å². The van der Waals surface area contributed by atoms with Gasteiger partial charge in [0.05, 0.1) is 24.1 Å². The first-order valence-electron chi connectivity index (χ1n) is 6.10. The van der Waals surface area contributed by atoms with Crippen molar-refractivity contribution in [1.82, 2.24) is 9.97 Å². The maximum Gasteiger partial charge on any atom is 0.309 e. The molecule has 18 heavy (non-hydrogen) atoms. The Morgan fingerprint density at radius 2 is 2.17 bits per heavy atom. The number of aromatic nitrogens is 2. The van der Waals surface area contributed by atoms with Crippen LogP contribution >= 0.6 is 0 Å². The summed E-state index contributed by atoms with van der Waals surface area (Å²) >= 11 is 0. The molecule has 0 aliphatic heterocycles. The minimum Gasteiger partial charge on any atom is -0.481 e. The standard InChI is InChI=1S/C14H14N2O2/c17-13(18)7-12-14(16-8-15-12)11-5-4-9-2-1-3-10(9)6-11/h4-6,8H,1-3,7H2,(H,15,16)(H,17,18). The molecular formula is C14H14N2O2. The molecule has 1 aliphatic carbocycles. The Morgan fingerprint density at radius 3 is 3.00 bits per heavy atom. The van der Waals surface area contributed by atoms with Gasteiger partial charge in [-0.2, -0.15) is 0 Å². The van der Waals surface area contributed by atoms with E-state index in [1.165, 1.54) is 17.5 Å². The molecule has 4 nitrogen and oxygen atoms in total. The summed E-state index contributed by atoms with van der Waals surface area (Å²) in [7, 11) is 0. The number of benzene rings is 1. The van der Waals surface area contributed by atoms with Crippen LogP contribution in [0.1, 0.15) is 23.2 Å². The molecule has 2 aromatic rings. The summed E-state index contributed by atoms with van der Waals surface area (Å²) in [4.78, 5) is 17.9. The fourth-order valence-corrected chi connectivity index (χ4v) is 2.57. The number of carboxylic acid groups (broad SMARTS) is 1. The van der Waals surface area contributed by atoms with Crippen LogP contribution in [0, 0.1) is 0 Å². The highest BCUT2D eigenvalue weighted by atomic mass is 16.4. The summed E-state index contributed by atoms with van der Waals surface area (Å²) in [6.07, 6.45) is 5.01. The van der Waals surface area contributed by atoms with Gasteiger partial charge < -0.3 is 10.1 Å². The molecule has 3 rings (SSSR count). The van der Waals surface area contributed by atoms with Crippen LogP contribution in [0.5, 0.6) is 0 Å². The van der Waals surface area contributed by atoms with Crippen molar-refractivity contribution in [2.75, 3.05) is 0 Å². The second kappa shape index (κ2) is 4.29. The Morgan fingerprint density at radius 1 is 1.33 bits per heavy atom. The van der Waals surface area contributed by atoms with E-state index in [-0.39, 0.29) is 6.42 Å². The normalized spacial score (nSPS) is 13.6. The molecule has 1 aromatic heterocycles. The zero-order valence-electron chi connectivity index (χ0n) is 9.94. The third kappa shape index (κ3) is 1.90. The van der Waals surface area contributed by atoms with Gasteiger partial charge in [-0.25, -0.2) is 4.98 Å². The molecule has 0 bridgehead atoms. The molecule has 0 spiro atoms. The van der Waals surface area contributed by atoms with E-state index in [1.807, 2.05) is 6.07 Å². The third-order valence-electron chi connectivity index (χ3n) is 3.42. The van der Waals surface area contributed by atoms with Crippen LogP contribution in [0.25, 0.3) is 11.3 Å². The first-order chi connectivity index (χ1) is 8.74. The third-order valence-corrected chi connectivity index (χ3v) is 3.42. The van der Waals surface area contributed by atoms with Crippen molar-refractivity contribution < 1.29 is 9.90 Å². The van der Waals surface area contributed by atoms with Gasteiger partial charge in [-0.3, -0.25) is 4.79 Å². The molecule has 0 unspecified atom stereocenters. The monoisotopic (exact) mass is 242 g/mol. The summed E-state index contributed by atoms with van der Waals surface area (Å²) in [6, 6.07) is 6.31. The van der Waals surface area contributed by atoms with E-state index < -0.39 is 5.97 Å². The number of nitrogens with one attached hydrogen (secondary N) is 1. The molecule has 0 saturated carbocycles. The maximum absolute atomic E-state index is 10.8. The zero-order valence-corrected chi connectivity index (χ0v) is 9.94. The molecule has 92 valence electrons. The Hall–Kier alpha value is -2.10. The molecule has 1 aliphatic rings. The van der Waals surface area contributed by atoms with Gasteiger partial charge in [0.25, 0.3) is 0 Å². The van der Waals surface area contributed by atoms with Crippen LogP contribution < -0.4 is 0 Å². The van der Waals surface area contributed by atoms with Crippen molar-refractivity contribution in [3.63, 3.8) is 0 Å². The summed E-state index contributed by atoms with van der Waals surface area (Å²) in [5, 5.41) is 8.86. The molecule has 2 N–H and O–H groups in total. The minimum absolute atomic E-state index is 0.0214. The molecule has 0 fully saturated rings. The van der Waals surface area contributed by atoms with E-state index in [2.05, 4.69) is 22.1 Å². The highest BCUT2D eigenvalue weighted by molar-refractivity contribution is 5.74. The van der Waals surface area contributed by atoms with E-state index in [1.54, 1.807) is 6.33 Å². The fourth-order valence-electron chi connectivity index (χ4n) is 2.57. The first-order valence-corrected chi connectivity index (χ1v) is 6.10. The van der Waals surface area contributed by atoms with Crippen LogP contribution in [0.3, 0.4) is 0 Å². The Balaban J connectivity index is 1.99. The quantitative estimate of drug-likeness (QED) is 0.867. The number of aromatic amines is 1. The SMILES string of the molecule is O=C(O)Cc1[nH]cnc1-c1ccc2c(c1)CCC2. The molecule has 4 heteroatoms. The van der Waals surface area contributed by atoms with Gasteiger partial charge in [0.1, 0.15) is 0 Å². The fraction of sp³-hybridized carbons (Fsp3) is 0.286. The van der Waals surface area contributed by atoms with E-state index in [4.69, 9.17) is 5.11 Å². The number of nitrogens with zero attached hydrogens (tertiary/aromatic N) is 1. The van der Waals surface area contributed by atoms with Crippen LogP contribution in [-0.4, -0.2) is 21.0 Å². The smallest absolute Gasteiger partial charge is 0.309 e. The lowest BCUT2D eigenvalue weighted by molar-refractivity contribution is -0.136. The first kappa shape index (κ1) is 11.0. The van der Waals surface area contributed by atoms with E-state index >= 15 is 0 Å². The Labute approximate surface area is 105 Å². The van der Waals surface area contributed by atoms with E-state index in [0.717, 1.165) is 24.1 Å². The van der Waals surface area contributed by atoms with Crippen molar-refractivity contribution in [1.29, 1.82) is 0 Å². The summed E-state index contributed by atoms with van der Waals surface area (Å²) < 4.78 is 0. The van der Waals surface area contributed by atoms with Gasteiger partial charge in [-0.05, 0) is 36.5 Å². The van der Waals surface area contributed by atoms with E-state index in [0.29, 0.717) is 5.69 Å². The Bertz CT molecular complexity index is 602. The summed E-state index contributed by atoms with van der Waals surface area (Å²) in [5.74, 6) is -0.846. The zero-order chi connectivity index (χ0) is 12.5. The van der Waals surface area contributed by atoms with Crippen LogP contribution in [0.15, 0.2) is 24.5 Å². The topological polar surface area (TPSA) is 66.0 Å². The van der Waals surface area contributed by atoms with Crippen molar-refractivity contribution in [3.8, 4) is 11.3 Å². The van der Waals surface area contributed by atoms with Crippen molar-refractivity contribution in [3.05, 3.63) is 41.3 Å². The maximum atomic E-state index is 10.8. The van der Waals surface area contributed by atoms with Gasteiger partial charge in [0.2, 0.25) is 0 Å². The van der Waals surface area contributed by atoms with E-state index in [9.17, 15) is 4.79 Å². The lowest BCUT2D eigenvalue weighted by Crippen LogP contribution is -2.02. The molecule has 0 radical (unpaired) electrons. The second-order valence-electron chi connectivity index (χ2n) is 4.64. The number of fused-ring (bicyclic) bond motifs is 1. The number of hydrogen-bond donors (Lipinski definition) is 2. The van der Waals surface area contributed by atoms with Gasteiger partial charge in [-0.15, -0.1) is 0 Å². The molecule has 0 saturated heterocycles. The van der Waals surface area contributed by atoms with Gasteiger partial charge in [-0.1, -0.05) is 12.1 Å². The molecular weight excluding hydrogens is 228 g/mol. The molecule has 0 atom stereocenters. The number of aliphatic carboxylic acids is 1. The summed E-state index contributed by atoms with van der Waals surface area (Å²) in [5.41, 5.74) is 5.21.